The lowest BCUT2D eigenvalue weighted by molar-refractivity contribution is 0.122. The highest BCUT2D eigenvalue weighted by atomic mass is 79.9. The van der Waals surface area contributed by atoms with Gasteiger partial charge in [0.05, 0.1) is 10.7 Å². The molecule has 0 radical (unpaired) electrons. The Labute approximate surface area is 129 Å². The summed E-state index contributed by atoms with van der Waals surface area (Å²) in [6.45, 7) is 4.82. The molecular formula is C14H23BrN4O. The van der Waals surface area contributed by atoms with Crippen molar-refractivity contribution in [3.8, 4) is 5.88 Å². The molecule has 112 valence electrons. The lowest BCUT2D eigenvalue weighted by atomic mass is 10.0. The van der Waals surface area contributed by atoms with Crippen molar-refractivity contribution in [1.82, 2.24) is 14.9 Å². The van der Waals surface area contributed by atoms with Crippen LogP contribution in [-0.2, 0) is 0 Å². The van der Waals surface area contributed by atoms with E-state index in [0.29, 0.717) is 24.5 Å². The lowest BCUT2D eigenvalue weighted by Gasteiger charge is -2.32. The summed E-state index contributed by atoms with van der Waals surface area (Å²) >= 11 is 3.45. The number of piperidine rings is 1. The van der Waals surface area contributed by atoms with Crippen molar-refractivity contribution in [2.75, 3.05) is 32.1 Å². The van der Waals surface area contributed by atoms with Crippen molar-refractivity contribution in [1.29, 1.82) is 0 Å². The normalized spacial score (nSPS) is 19.9. The molecule has 2 heterocycles. The molecule has 0 amide bonds. The third-order valence-corrected chi connectivity index (χ3v) is 4.12. The molecule has 1 N–H and O–H groups in total. The zero-order chi connectivity index (χ0) is 14.4. The van der Waals surface area contributed by atoms with Gasteiger partial charge >= 0.3 is 0 Å². The molecule has 5 nitrogen and oxygen atoms in total. The van der Waals surface area contributed by atoms with Crippen LogP contribution in [0.4, 0.5) is 5.95 Å². The number of hydrogen-bond donors (Lipinski definition) is 1. The number of halogens is 1. The van der Waals surface area contributed by atoms with Crippen LogP contribution >= 0.6 is 15.9 Å². The number of nitrogens with one attached hydrogen (secondary N) is 1. The lowest BCUT2D eigenvalue weighted by Crippen LogP contribution is -2.40. The van der Waals surface area contributed by atoms with Crippen LogP contribution in [0.1, 0.15) is 32.6 Å². The molecule has 2 rings (SSSR count). The van der Waals surface area contributed by atoms with Crippen molar-refractivity contribution in [2.45, 2.75) is 38.6 Å². The first-order chi connectivity index (χ1) is 9.70. The van der Waals surface area contributed by atoms with Gasteiger partial charge in [-0.1, -0.05) is 13.3 Å². The second-order valence-corrected chi connectivity index (χ2v) is 6.07. The number of hydrogen-bond acceptors (Lipinski definition) is 5. The largest absolute Gasteiger partial charge is 0.475 e. The minimum Gasteiger partial charge on any atom is -0.475 e. The number of likely N-dealkylation sites (N-methyl/N-ethyl adjacent to an activating group) is 1. The Morgan fingerprint density at radius 1 is 1.50 bits per heavy atom. The fraction of sp³-hybridized carbons (Fsp3) is 0.714. The second-order valence-electron chi connectivity index (χ2n) is 5.21. The zero-order valence-corrected chi connectivity index (χ0v) is 13.8. The van der Waals surface area contributed by atoms with Gasteiger partial charge in [-0.2, -0.15) is 4.98 Å². The van der Waals surface area contributed by atoms with E-state index < -0.39 is 0 Å². The van der Waals surface area contributed by atoms with Crippen LogP contribution in [0.25, 0.3) is 0 Å². The summed E-state index contributed by atoms with van der Waals surface area (Å²) in [7, 11) is 2.16. The van der Waals surface area contributed by atoms with E-state index in [1.807, 2.05) is 0 Å². The van der Waals surface area contributed by atoms with E-state index in [9.17, 15) is 0 Å². The quantitative estimate of drug-likeness (QED) is 0.861. The van der Waals surface area contributed by atoms with E-state index in [-0.39, 0.29) is 0 Å². The SMILES string of the molecule is CCCNc1ncc(Br)c(OCC2CCCCN2C)n1. The minimum atomic E-state index is 0.484. The van der Waals surface area contributed by atoms with Crippen LogP contribution in [0.5, 0.6) is 5.88 Å². The van der Waals surface area contributed by atoms with E-state index in [1.165, 1.54) is 19.3 Å². The first kappa shape index (κ1) is 15.5. The zero-order valence-electron chi connectivity index (χ0n) is 12.2. The van der Waals surface area contributed by atoms with Crippen LogP contribution in [-0.4, -0.2) is 47.7 Å². The Kier molecular flexibility index (Phi) is 6.04. The summed E-state index contributed by atoms with van der Waals surface area (Å²) in [4.78, 5) is 11.0. The summed E-state index contributed by atoms with van der Waals surface area (Å²) in [5.41, 5.74) is 0. The number of ether oxygens (including phenoxy) is 1. The van der Waals surface area contributed by atoms with E-state index in [1.54, 1.807) is 6.20 Å². The molecule has 1 aromatic rings. The maximum absolute atomic E-state index is 5.89. The molecule has 0 saturated carbocycles. The van der Waals surface area contributed by atoms with Crippen molar-refractivity contribution >= 4 is 21.9 Å². The van der Waals surface area contributed by atoms with Crippen LogP contribution < -0.4 is 10.1 Å². The van der Waals surface area contributed by atoms with Gasteiger partial charge < -0.3 is 15.0 Å². The molecule has 6 heteroatoms. The number of aromatic nitrogens is 2. The molecule has 0 spiro atoms. The van der Waals surface area contributed by atoms with Crippen LogP contribution in [0.3, 0.4) is 0 Å². The summed E-state index contributed by atoms with van der Waals surface area (Å²) in [5, 5.41) is 3.18. The fourth-order valence-electron chi connectivity index (χ4n) is 2.30. The van der Waals surface area contributed by atoms with Gasteiger partial charge in [-0.15, -0.1) is 0 Å². The molecule has 0 bridgehead atoms. The molecule has 1 aromatic heterocycles. The molecule has 0 aliphatic carbocycles. The Hall–Kier alpha value is -0.880. The predicted octanol–water partition coefficient (Wildman–Crippen LogP) is 2.92. The number of rotatable bonds is 6. The monoisotopic (exact) mass is 342 g/mol. The van der Waals surface area contributed by atoms with E-state index in [0.717, 1.165) is 24.0 Å². The molecule has 1 aliphatic heterocycles. The molecule has 1 unspecified atom stereocenters. The van der Waals surface area contributed by atoms with E-state index in [2.05, 4.69) is 50.1 Å². The second kappa shape index (κ2) is 7.78. The Morgan fingerprint density at radius 2 is 2.35 bits per heavy atom. The number of anilines is 1. The first-order valence-corrected chi connectivity index (χ1v) is 8.09. The highest BCUT2D eigenvalue weighted by Crippen LogP contribution is 2.24. The molecule has 20 heavy (non-hydrogen) atoms. The number of likely N-dealkylation sites (tertiary alicyclic amines) is 1. The maximum Gasteiger partial charge on any atom is 0.232 e. The highest BCUT2D eigenvalue weighted by Gasteiger charge is 2.20. The van der Waals surface area contributed by atoms with Gasteiger partial charge in [0.25, 0.3) is 0 Å². The number of nitrogens with zero attached hydrogens (tertiary/aromatic N) is 3. The smallest absolute Gasteiger partial charge is 0.232 e. The first-order valence-electron chi connectivity index (χ1n) is 7.30. The van der Waals surface area contributed by atoms with Gasteiger partial charge in [-0.25, -0.2) is 4.98 Å². The van der Waals surface area contributed by atoms with Crippen molar-refractivity contribution < 1.29 is 4.74 Å². The Bertz CT molecular complexity index is 430. The fourth-order valence-corrected chi connectivity index (χ4v) is 2.61. The van der Waals surface area contributed by atoms with Crippen molar-refractivity contribution in [2.24, 2.45) is 0 Å². The molecule has 1 fully saturated rings. The van der Waals surface area contributed by atoms with Gasteiger partial charge in [0.1, 0.15) is 6.61 Å². The molecule has 1 atom stereocenters. The maximum atomic E-state index is 5.89. The van der Waals surface area contributed by atoms with Crippen molar-refractivity contribution in [3.05, 3.63) is 10.7 Å². The average Bonchev–Trinajstić information content (AvgIpc) is 2.46. The Balaban J connectivity index is 1.93. The summed E-state index contributed by atoms with van der Waals surface area (Å²) in [5.74, 6) is 1.25. The molecular weight excluding hydrogens is 320 g/mol. The van der Waals surface area contributed by atoms with Crippen LogP contribution in [0.2, 0.25) is 0 Å². The molecule has 0 aromatic carbocycles. The van der Waals surface area contributed by atoms with Gasteiger partial charge in [-0.3, -0.25) is 0 Å². The van der Waals surface area contributed by atoms with Gasteiger partial charge in [0.2, 0.25) is 11.8 Å². The standard InChI is InChI=1S/C14H23BrN4O/c1-3-7-16-14-17-9-12(15)13(18-14)20-10-11-6-4-5-8-19(11)2/h9,11H,3-8,10H2,1-2H3,(H,16,17,18). The summed E-state index contributed by atoms with van der Waals surface area (Å²) < 4.78 is 6.69. The molecule has 1 aliphatic rings. The van der Waals surface area contributed by atoms with Crippen molar-refractivity contribution in [3.63, 3.8) is 0 Å². The van der Waals surface area contributed by atoms with Crippen LogP contribution in [0, 0.1) is 0 Å². The highest BCUT2D eigenvalue weighted by molar-refractivity contribution is 9.10. The van der Waals surface area contributed by atoms with E-state index >= 15 is 0 Å². The Morgan fingerprint density at radius 3 is 3.10 bits per heavy atom. The van der Waals surface area contributed by atoms with Gasteiger partial charge in [0.15, 0.2) is 0 Å². The average molecular weight is 343 g/mol. The topological polar surface area (TPSA) is 50.3 Å². The van der Waals surface area contributed by atoms with Gasteiger partial charge in [-0.05, 0) is 48.8 Å². The predicted molar refractivity (Wildman–Crippen MR) is 84.3 cm³/mol. The third kappa shape index (κ3) is 4.31. The summed E-state index contributed by atoms with van der Waals surface area (Å²) in [6, 6.07) is 0.484. The third-order valence-electron chi connectivity index (χ3n) is 3.58. The van der Waals surface area contributed by atoms with Gasteiger partial charge in [0, 0.05) is 12.6 Å². The minimum absolute atomic E-state index is 0.484. The molecule has 1 saturated heterocycles. The summed E-state index contributed by atoms with van der Waals surface area (Å²) in [6.07, 6.45) is 6.55. The van der Waals surface area contributed by atoms with E-state index in [4.69, 9.17) is 4.74 Å². The van der Waals surface area contributed by atoms with Crippen LogP contribution in [0.15, 0.2) is 10.7 Å².